The SMILES string of the molecule is CCCC(C)c1ccc2c(c1)C(C)(C)c1cc(C)ccc1-2. The van der Waals surface area contributed by atoms with Crippen LogP contribution in [0, 0.1) is 6.92 Å². The molecule has 2 aromatic rings. The van der Waals surface area contributed by atoms with Crippen LogP contribution in [0.5, 0.6) is 0 Å². The van der Waals surface area contributed by atoms with Gasteiger partial charge < -0.3 is 0 Å². The standard InChI is InChI=1S/C21H26/c1-6-7-15(3)16-9-11-18-17-10-8-14(2)12-19(17)21(4,5)20(18)13-16/h8-13,15H,6-7H2,1-5H3. The zero-order chi connectivity index (χ0) is 15.2. The van der Waals surface area contributed by atoms with Gasteiger partial charge in [-0.3, -0.25) is 0 Å². The quantitative estimate of drug-likeness (QED) is 0.626. The molecular weight excluding hydrogens is 252 g/mol. The van der Waals surface area contributed by atoms with Crippen LogP contribution < -0.4 is 0 Å². The highest BCUT2D eigenvalue weighted by Gasteiger charge is 2.35. The third kappa shape index (κ3) is 2.21. The van der Waals surface area contributed by atoms with Gasteiger partial charge in [0.15, 0.2) is 0 Å². The third-order valence-electron chi connectivity index (χ3n) is 5.15. The minimum Gasteiger partial charge on any atom is -0.0654 e. The topological polar surface area (TPSA) is 0 Å². The van der Waals surface area contributed by atoms with Crippen molar-refractivity contribution in [3.05, 3.63) is 58.7 Å². The molecule has 0 aliphatic heterocycles. The van der Waals surface area contributed by atoms with E-state index in [0.29, 0.717) is 5.92 Å². The van der Waals surface area contributed by atoms with E-state index in [9.17, 15) is 0 Å². The van der Waals surface area contributed by atoms with Gasteiger partial charge in [-0.15, -0.1) is 0 Å². The van der Waals surface area contributed by atoms with E-state index in [1.807, 2.05) is 0 Å². The molecule has 1 atom stereocenters. The molecule has 110 valence electrons. The van der Waals surface area contributed by atoms with Crippen molar-refractivity contribution in [3.63, 3.8) is 0 Å². The number of benzene rings is 2. The summed E-state index contributed by atoms with van der Waals surface area (Å²) in [6.45, 7) is 11.5. The molecule has 0 aromatic heterocycles. The van der Waals surface area contributed by atoms with Gasteiger partial charge in [0, 0.05) is 5.41 Å². The fourth-order valence-electron chi connectivity index (χ4n) is 3.78. The lowest BCUT2D eigenvalue weighted by Crippen LogP contribution is -2.15. The zero-order valence-electron chi connectivity index (χ0n) is 14.0. The highest BCUT2D eigenvalue weighted by molar-refractivity contribution is 5.81. The maximum atomic E-state index is 2.46. The molecule has 1 aliphatic rings. The van der Waals surface area contributed by atoms with Crippen molar-refractivity contribution in [3.8, 4) is 11.1 Å². The second-order valence-corrected chi connectivity index (χ2v) is 7.17. The Hall–Kier alpha value is -1.56. The molecular formula is C21H26. The number of rotatable bonds is 3. The Balaban J connectivity index is 2.13. The summed E-state index contributed by atoms with van der Waals surface area (Å²) in [4.78, 5) is 0. The molecule has 0 radical (unpaired) electrons. The number of hydrogen-bond donors (Lipinski definition) is 0. The predicted molar refractivity (Wildman–Crippen MR) is 92.1 cm³/mol. The minimum atomic E-state index is 0.124. The first kappa shape index (κ1) is 14.4. The van der Waals surface area contributed by atoms with Crippen LogP contribution in [0.3, 0.4) is 0 Å². The van der Waals surface area contributed by atoms with Crippen molar-refractivity contribution in [2.75, 3.05) is 0 Å². The van der Waals surface area contributed by atoms with Gasteiger partial charge >= 0.3 is 0 Å². The Kier molecular flexibility index (Phi) is 3.43. The second kappa shape index (κ2) is 5.02. The Morgan fingerprint density at radius 3 is 2.24 bits per heavy atom. The maximum absolute atomic E-state index is 2.46. The normalized spacial score (nSPS) is 16.4. The smallest absolute Gasteiger partial charge is 0.0159 e. The molecule has 0 spiro atoms. The number of hydrogen-bond acceptors (Lipinski definition) is 0. The van der Waals surface area contributed by atoms with Crippen LogP contribution in [0.4, 0.5) is 0 Å². The van der Waals surface area contributed by atoms with Crippen LogP contribution in [0.25, 0.3) is 11.1 Å². The number of fused-ring (bicyclic) bond motifs is 3. The second-order valence-electron chi connectivity index (χ2n) is 7.17. The molecule has 0 N–H and O–H groups in total. The van der Waals surface area contributed by atoms with E-state index in [-0.39, 0.29) is 5.41 Å². The largest absolute Gasteiger partial charge is 0.0654 e. The predicted octanol–water partition coefficient (Wildman–Crippen LogP) is 6.20. The van der Waals surface area contributed by atoms with Crippen molar-refractivity contribution < 1.29 is 0 Å². The van der Waals surface area contributed by atoms with E-state index in [1.165, 1.54) is 46.2 Å². The molecule has 0 fully saturated rings. The first-order chi connectivity index (χ1) is 9.95. The summed E-state index contributed by atoms with van der Waals surface area (Å²) in [6.07, 6.45) is 2.52. The monoisotopic (exact) mass is 278 g/mol. The minimum absolute atomic E-state index is 0.124. The molecule has 0 nitrogen and oxygen atoms in total. The fraction of sp³-hybridized carbons (Fsp3) is 0.429. The van der Waals surface area contributed by atoms with Gasteiger partial charge in [0.25, 0.3) is 0 Å². The van der Waals surface area contributed by atoms with Gasteiger partial charge in [0.05, 0.1) is 0 Å². The molecule has 1 aliphatic carbocycles. The molecule has 2 aromatic carbocycles. The third-order valence-corrected chi connectivity index (χ3v) is 5.15. The Labute approximate surface area is 129 Å². The lowest BCUT2D eigenvalue weighted by molar-refractivity contribution is 0.643. The molecule has 21 heavy (non-hydrogen) atoms. The fourth-order valence-corrected chi connectivity index (χ4v) is 3.78. The highest BCUT2D eigenvalue weighted by Crippen LogP contribution is 2.49. The van der Waals surface area contributed by atoms with Crippen molar-refractivity contribution >= 4 is 0 Å². The Bertz CT molecular complexity index is 676. The average molecular weight is 278 g/mol. The van der Waals surface area contributed by atoms with E-state index in [4.69, 9.17) is 0 Å². The van der Waals surface area contributed by atoms with E-state index in [0.717, 1.165) is 0 Å². The van der Waals surface area contributed by atoms with E-state index < -0.39 is 0 Å². The van der Waals surface area contributed by atoms with Gasteiger partial charge in [-0.25, -0.2) is 0 Å². The zero-order valence-corrected chi connectivity index (χ0v) is 14.0. The lowest BCUT2D eigenvalue weighted by Gasteiger charge is -2.23. The van der Waals surface area contributed by atoms with Gasteiger partial charge in [0.2, 0.25) is 0 Å². The summed E-state index contributed by atoms with van der Waals surface area (Å²) in [5, 5.41) is 0. The van der Waals surface area contributed by atoms with Crippen molar-refractivity contribution in [1.82, 2.24) is 0 Å². The van der Waals surface area contributed by atoms with Gasteiger partial charge in [-0.05, 0) is 47.1 Å². The molecule has 0 heteroatoms. The molecule has 0 heterocycles. The summed E-state index contributed by atoms with van der Waals surface area (Å²) >= 11 is 0. The summed E-state index contributed by atoms with van der Waals surface area (Å²) in [6, 6.07) is 14.0. The van der Waals surface area contributed by atoms with E-state index in [2.05, 4.69) is 71.0 Å². The first-order valence-electron chi connectivity index (χ1n) is 8.21. The van der Waals surface area contributed by atoms with Crippen molar-refractivity contribution in [1.29, 1.82) is 0 Å². The highest BCUT2D eigenvalue weighted by atomic mass is 14.4. The van der Waals surface area contributed by atoms with Crippen LogP contribution in [-0.4, -0.2) is 0 Å². The molecule has 3 rings (SSSR count). The van der Waals surface area contributed by atoms with Gasteiger partial charge in [-0.2, -0.15) is 0 Å². The van der Waals surface area contributed by atoms with Crippen LogP contribution in [0.2, 0.25) is 0 Å². The van der Waals surface area contributed by atoms with Crippen LogP contribution >= 0.6 is 0 Å². The summed E-state index contributed by atoms with van der Waals surface area (Å²) in [7, 11) is 0. The van der Waals surface area contributed by atoms with E-state index in [1.54, 1.807) is 0 Å². The summed E-state index contributed by atoms with van der Waals surface area (Å²) in [5.74, 6) is 0.654. The van der Waals surface area contributed by atoms with Crippen molar-refractivity contribution in [2.45, 2.75) is 58.8 Å². The van der Waals surface area contributed by atoms with Crippen LogP contribution in [0.1, 0.15) is 68.7 Å². The van der Waals surface area contributed by atoms with Gasteiger partial charge in [-0.1, -0.05) is 76.1 Å². The first-order valence-corrected chi connectivity index (χ1v) is 8.21. The van der Waals surface area contributed by atoms with Gasteiger partial charge in [0.1, 0.15) is 0 Å². The summed E-state index contributed by atoms with van der Waals surface area (Å²) < 4.78 is 0. The average Bonchev–Trinajstić information content (AvgIpc) is 2.67. The Morgan fingerprint density at radius 1 is 0.952 bits per heavy atom. The molecule has 0 saturated carbocycles. The molecule has 1 unspecified atom stereocenters. The maximum Gasteiger partial charge on any atom is 0.0159 e. The lowest BCUT2D eigenvalue weighted by atomic mass is 9.80. The Morgan fingerprint density at radius 2 is 1.57 bits per heavy atom. The number of aryl methyl sites for hydroxylation is 1. The van der Waals surface area contributed by atoms with E-state index >= 15 is 0 Å². The van der Waals surface area contributed by atoms with Crippen LogP contribution in [-0.2, 0) is 5.41 Å². The molecule has 0 amide bonds. The van der Waals surface area contributed by atoms with Crippen LogP contribution in [0.15, 0.2) is 36.4 Å². The molecule has 0 bridgehead atoms. The summed E-state index contributed by atoms with van der Waals surface area (Å²) in [5.41, 5.74) is 8.82. The molecule has 0 saturated heterocycles. The van der Waals surface area contributed by atoms with Crippen molar-refractivity contribution in [2.24, 2.45) is 0 Å².